The molecule has 0 spiro atoms. The monoisotopic (exact) mass is 476 g/mol. The van der Waals surface area contributed by atoms with E-state index in [1.165, 1.54) is 6.07 Å². The fraction of sp³-hybridized carbons (Fsp3) is 0.259. The molecule has 7 heteroatoms. The number of anilines is 1. The fourth-order valence-corrected chi connectivity index (χ4v) is 5.07. The lowest BCUT2D eigenvalue weighted by Gasteiger charge is -2.37. The summed E-state index contributed by atoms with van der Waals surface area (Å²) >= 11 is 6.36. The van der Waals surface area contributed by atoms with Gasteiger partial charge in [-0.25, -0.2) is 9.37 Å². The number of imidazole rings is 1. The smallest absolute Gasteiger partial charge is 0.223 e. The number of carbonyl (C=O) groups excluding carboxylic acids is 1. The van der Waals surface area contributed by atoms with Gasteiger partial charge >= 0.3 is 0 Å². The van der Waals surface area contributed by atoms with Gasteiger partial charge in [0.15, 0.2) is 0 Å². The number of amides is 1. The number of para-hydroxylation sites is 1. The number of piperazine rings is 1. The van der Waals surface area contributed by atoms with E-state index in [0.29, 0.717) is 36.8 Å². The second kappa shape index (κ2) is 9.47. The van der Waals surface area contributed by atoms with Crippen molar-refractivity contribution in [2.75, 3.05) is 31.1 Å². The van der Waals surface area contributed by atoms with E-state index in [0.717, 1.165) is 22.7 Å². The molecule has 1 unspecified atom stereocenters. The van der Waals surface area contributed by atoms with Gasteiger partial charge in [0.25, 0.3) is 0 Å². The molecule has 0 radical (unpaired) electrons. The molecule has 5 nitrogen and oxygen atoms in total. The normalized spacial score (nSPS) is 15.0. The van der Waals surface area contributed by atoms with Crippen LogP contribution in [0.3, 0.4) is 0 Å². The first-order valence-corrected chi connectivity index (χ1v) is 11.9. The Morgan fingerprint density at radius 3 is 2.50 bits per heavy atom. The lowest BCUT2D eigenvalue weighted by atomic mass is 9.91. The van der Waals surface area contributed by atoms with E-state index in [1.807, 2.05) is 64.8 Å². The molecule has 3 heterocycles. The molecule has 0 N–H and O–H groups in total. The van der Waals surface area contributed by atoms with E-state index in [4.69, 9.17) is 11.6 Å². The van der Waals surface area contributed by atoms with Gasteiger partial charge in [-0.1, -0.05) is 48.0 Å². The number of hydrogen-bond donors (Lipinski definition) is 0. The first kappa shape index (κ1) is 22.4. The van der Waals surface area contributed by atoms with E-state index in [9.17, 15) is 9.18 Å². The minimum atomic E-state index is -0.439. The van der Waals surface area contributed by atoms with Gasteiger partial charge in [0, 0.05) is 50.4 Å². The maximum Gasteiger partial charge on any atom is 0.223 e. The highest BCUT2D eigenvalue weighted by atomic mass is 35.5. The molecular weight excluding hydrogens is 451 g/mol. The topological polar surface area (TPSA) is 40.9 Å². The Morgan fingerprint density at radius 1 is 1.00 bits per heavy atom. The van der Waals surface area contributed by atoms with Crippen LogP contribution in [0, 0.1) is 12.7 Å². The van der Waals surface area contributed by atoms with Crippen LogP contribution < -0.4 is 4.90 Å². The van der Waals surface area contributed by atoms with E-state index in [2.05, 4.69) is 9.88 Å². The molecule has 5 rings (SSSR count). The van der Waals surface area contributed by atoms with Gasteiger partial charge in [0.1, 0.15) is 11.5 Å². The number of hydrogen-bond acceptors (Lipinski definition) is 3. The van der Waals surface area contributed by atoms with Crippen LogP contribution in [0.15, 0.2) is 72.9 Å². The Kier molecular flexibility index (Phi) is 6.24. The zero-order valence-corrected chi connectivity index (χ0v) is 19.8. The van der Waals surface area contributed by atoms with Gasteiger partial charge in [-0.3, -0.25) is 4.79 Å². The molecule has 0 saturated carbocycles. The van der Waals surface area contributed by atoms with Crippen LogP contribution in [-0.4, -0.2) is 46.4 Å². The van der Waals surface area contributed by atoms with Crippen molar-refractivity contribution in [1.82, 2.24) is 14.3 Å². The van der Waals surface area contributed by atoms with Crippen molar-refractivity contribution in [3.05, 3.63) is 101 Å². The molecule has 174 valence electrons. The maximum absolute atomic E-state index is 14.9. The highest BCUT2D eigenvalue weighted by molar-refractivity contribution is 6.33. The summed E-state index contributed by atoms with van der Waals surface area (Å²) in [4.78, 5) is 22.0. The molecule has 0 bridgehead atoms. The van der Waals surface area contributed by atoms with Gasteiger partial charge in [-0.05, 0) is 42.8 Å². The lowest BCUT2D eigenvalue weighted by Crippen LogP contribution is -2.49. The minimum Gasteiger partial charge on any atom is -0.367 e. The number of aryl methyl sites for hydroxylation is 1. The first-order chi connectivity index (χ1) is 16.5. The van der Waals surface area contributed by atoms with Crippen molar-refractivity contribution < 1.29 is 9.18 Å². The summed E-state index contributed by atoms with van der Waals surface area (Å²) in [6.07, 6.45) is 1.94. The maximum atomic E-state index is 14.9. The van der Waals surface area contributed by atoms with Crippen LogP contribution in [0.4, 0.5) is 10.1 Å². The molecule has 1 aliphatic heterocycles. The summed E-state index contributed by atoms with van der Waals surface area (Å²) in [5.74, 6) is -0.741. The van der Waals surface area contributed by atoms with E-state index >= 15 is 0 Å². The summed E-state index contributed by atoms with van der Waals surface area (Å²) in [5, 5.41) is 0.713. The number of pyridine rings is 1. The van der Waals surface area contributed by atoms with Crippen molar-refractivity contribution in [3.63, 3.8) is 0 Å². The van der Waals surface area contributed by atoms with Crippen LogP contribution in [0.1, 0.15) is 29.3 Å². The molecule has 0 aliphatic carbocycles. The summed E-state index contributed by atoms with van der Waals surface area (Å²) < 4.78 is 16.9. The molecule has 1 aliphatic rings. The van der Waals surface area contributed by atoms with Crippen molar-refractivity contribution in [1.29, 1.82) is 0 Å². The summed E-state index contributed by atoms with van der Waals surface area (Å²) in [7, 11) is 0. The predicted octanol–water partition coefficient (Wildman–Crippen LogP) is 5.31. The number of aromatic nitrogens is 2. The minimum absolute atomic E-state index is 0.00981. The predicted molar refractivity (Wildman–Crippen MR) is 133 cm³/mol. The van der Waals surface area contributed by atoms with Gasteiger partial charge in [0.2, 0.25) is 5.91 Å². The average molecular weight is 477 g/mol. The number of nitrogens with zero attached hydrogens (tertiary/aromatic N) is 4. The lowest BCUT2D eigenvalue weighted by molar-refractivity contribution is -0.131. The molecule has 1 amide bonds. The van der Waals surface area contributed by atoms with Crippen molar-refractivity contribution in [2.24, 2.45) is 0 Å². The SMILES string of the molecule is Cc1cccc2ncc(C(CC(=O)N3CCN(c4ccccc4Cl)CC3)c3ccccc3F)n12. The van der Waals surface area contributed by atoms with Crippen LogP contribution in [-0.2, 0) is 4.79 Å². The number of rotatable bonds is 5. The zero-order chi connectivity index (χ0) is 23.7. The van der Waals surface area contributed by atoms with Crippen LogP contribution in [0.25, 0.3) is 5.65 Å². The number of benzene rings is 2. The zero-order valence-electron chi connectivity index (χ0n) is 19.0. The molecule has 1 atom stereocenters. The van der Waals surface area contributed by atoms with Gasteiger partial charge in [-0.2, -0.15) is 0 Å². The van der Waals surface area contributed by atoms with E-state index in [-0.39, 0.29) is 18.1 Å². The van der Waals surface area contributed by atoms with Crippen LogP contribution >= 0.6 is 11.6 Å². The number of carbonyl (C=O) groups is 1. The molecule has 2 aromatic heterocycles. The van der Waals surface area contributed by atoms with Crippen LogP contribution in [0.2, 0.25) is 5.02 Å². The highest BCUT2D eigenvalue weighted by Gasteiger charge is 2.29. The number of fused-ring (bicyclic) bond motifs is 1. The van der Waals surface area contributed by atoms with E-state index < -0.39 is 5.92 Å². The summed E-state index contributed by atoms with van der Waals surface area (Å²) in [6, 6.07) is 20.3. The molecule has 1 saturated heterocycles. The fourth-order valence-electron chi connectivity index (χ4n) is 4.82. The van der Waals surface area contributed by atoms with Gasteiger partial charge in [0.05, 0.1) is 16.4 Å². The Morgan fingerprint density at radius 2 is 1.74 bits per heavy atom. The third-order valence-corrected chi connectivity index (χ3v) is 6.91. The Labute approximate surface area is 203 Å². The van der Waals surface area contributed by atoms with Crippen molar-refractivity contribution in [3.8, 4) is 0 Å². The molecular formula is C27H26ClFN4O. The van der Waals surface area contributed by atoms with Gasteiger partial charge in [-0.15, -0.1) is 0 Å². The average Bonchev–Trinajstić information content (AvgIpc) is 3.29. The van der Waals surface area contributed by atoms with Gasteiger partial charge < -0.3 is 14.2 Å². The van der Waals surface area contributed by atoms with Crippen molar-refractivity contribution in [2.45, 2.75) is 19.3 Å². The summed E-state index contributed by atoms with van der Waals surface area (Å²) in [5.41, 5.74) is 4.10. The Hall–Kier alpha value is -3.38. The number of halogens is 2. The highest BCUT2D eigenvalue weighted by Crippen LogP contribution is 2.32. The Balaban J connectivity index is 1.40. The van der Waals surface area contributed by atoms with E-state index in [1.54, 1.807) is 18.3 Å². The van der Waals surface area contributed by atoms with Crippen molar-refractivity contribution >= 4 is 28.8 Å². The second-order valence-corrected chi connectivity index (χ2v) is 9.05. The first-order valence-electron chi connectivity index (χ1n) is 11.5. The molecule has 2 aromatic carbocycles. The third-order valence-electron chi connectivity index (χ3n) is 6.59. The molecule has 1 fully saturated rings. The Bertz CT molecular complexity index is 1330. The largest absolute Gasteiger partial charge is 0.367 e. The summed E-state index contributed by atoms with van der Waals surface area (Å²) in [6.45, 7) is 4.59. The van der Waals surface area contributed by atoms with Crippen LogP contribution in [0.5, 0.6) is 0 Å². The molecule has 4 aromatic rings. The quantitative estimate of drug-likeness (QED) is 0.392. The second-order valence-electron chi connectivity index (χ2n) is 8.64. The standard InChI is InChI=1S/C27H26ClFN4O/c1-19-7-6-12-26-30-18-25(33(19)26)21(20-8-2-4-10-23(20)29)17-27(34)32-15-13-31(14-16-32)24-11-5-3-9-22(24)28/h2-12,18,21H,13-17H2,1H3. The third kappa shape index (κ3) is 4.26. The molecule has 34 heavy (non-hydrogen) atoms.